The van der Waals surface area contributed by atoms with E-state index in [9.17, 15) is 5.11 Å². The number of imidazole rings is 1. The molecule has 2 aromatic rings. The lowest BCUT2D eigenvalue weighted by molar-refractivity contribution is -0.0112. The summed E-state index contributed by atoms with van der Waals surface area (Å²) in [6, 6.07) is 8.13. The molecule has 3 rings (SSSR count). The van der Waals surface area contributed by atoms with Gasteiger partial charge in [-0.1, -0.05) is 12.1 Å². The first-order valence-corrected chi connectivity index (χ1v) is 6.09. The summed E-state index contributed by atoms with van der Waals surface area (Å²) < 4.78 is 2.19. The van der Waals surface area contributed by atoms with Gasteiger partial charge < -0.3 is 15.0 Å². The van der Waals surface area contributed by atoms with Gasteiger partial charge in [0, 0.05) is 26.1 Å². The number of nitrogens with one attached hydrogen (secondary N) is 1. The van der Waals surface area contributed by atoms with Gasteiger partial charge in [-0.2, -0.15) is 0 Å². The van der Waals surface area contributed by atoms with E-state index in [0.717, 1.165) is 23.4 Å². The number of benzene rings is 1. The minimum absolute atomic E-state index is 0.603. The quantitative estimate of drug-likeness (QED) is 0.826. The molecule has 1 saturated heterocycles. The third-order valence-electron chi connectivity index (χ3n) is 3.45. The highest BCUT2D eigenvalue weighted by Gasteiger charge is 2.35. The molecule has 0 bridgehead atoms. The van der Waals surface area contributed by atoms with Crippen molar-refractivity contribution in [3.63, 3.8) is 0 Å². The van der Waals surface area contributed by atoms with Crippen LogP contribution in [0.2, 0.25) is 0 Å². The molecule has 0 atom stereocenters. The minimum atomic E-state index is -0.603. The standard InChI is InChI=1S/C13H17N3O/c1-2-16-11-6-4-3-5-10(11)15-12(16)7-13(17)8-14-9-13/h3-6,14,17H,2,7-9H2,1H3. The lowest BCUT2D eigenvalue weighted by Crippen LogP contribution is -2.60. The van der Waals surface area contributed by atoms with E-state index in [0.29, 0.717) is 19.5 Å². The molecule has 1 aromatic heterocycles. The highest BCUT2D eigenvalue weighted by Crippen LogP contribution is 2.21. The Hall–Kier alpha value is -1.39. The Balaban J connectivity index is 2.03. The summed E-state index contributed by atoms with van der Waals surface area (Å²) >= 11 is 0. The second-order valence-electron chi connectivity index (χ2n) is 4.77. The van der Waals surface area contributed by atoms with Crippen molar-refractivity contribution in [1.29, 1.82) is 0 Å². The molecule has 1 aliphatic heterocycles. The molecule has 4 nitrogen and oxygen atoms in total. The molecule has 1 fully saturated rings. The zero-order chi connectivity index (χ0) is 11.9. The van der Waals surface area contributed by atoms with Crippen molar-refractivity contribution in [3.8, 4) is 0 Å². The normalized spacial score (nSPS) is 18.2. The fourth-order valence-corrected chi connectivity index (χ4v) is 2.45. The Morgan fingerprint density at radius 3 is 2.82 bits per heavy atom. The van der Waals surface area contributed by atoms with E-state index < -0.39 is 5.60 Å². The first-order valence-electron chi connectivity index (χ1n) is 6.09. The van der Waals surface area contributed by atoms with Gasteiger partial charge in [0.15, 0.2) is 0 Å². The molecule has 4 heteroatoms. The van der Waals surface area contributed by atoms with E-state index in [1.807, 2.05) is 18.2 Å². The highest BCUT2D eigenvalue weighted by atomic mass is 16.3. The summed E-state index contributed by atoms with van der Waals surface area (Å²) in [6.07, 6.45) is 0.628. The molecule has 0 aliphatic carbocycles. The molecule has 1 aliphatic rings. The van der Waals surface area contributed by atoms with Crippen LogP contribution in [0.1, 0.15) is 12.7 Å². The third-order valence-corrected chi connectivity index (χ3v) is 3.45. The number of hydrogen-bond donors (Lipinski definition) is 2. The zero-order valence-corrected chi connectivity index (χ0v) is 9.98. The van der Waals surface area contributed by atoms with E-state index in [1.54, 1.807) is 0 Å². The second kappa shape index (κ2) is 3.82. The van der Waals surface area contributed by atoms with Gasteiger partial charge in [-0.05, 0) is 19.1 Å². The summed E-state index contributed by atoms with van der Waals surface area (Å²) in [5, 5.41) is 13.3. The minimum Gasteiger partial charge on any atom is -0.387 e. The predicted octanol–water partition coefficient (Wildman–Crippen LogP) is 0.933. The van der Waals surface area contributed by atoms with Crippen molar-refractivity contribution >= 4 is 11.0 Å². The Bertz CT molecular complexity index is 543. The van der Waals surface area contributed by atoms with Crippen LogP contribution in [0, 0.1) is 0 Å². The van der Waals surface area contributed by atoms with E-state index >= 15 is 0 Å². The van der Waals surface area contributed by atoms with Crippen LogP contribution in [0.3, 0.4) is 0 Å². The maximum Gasteiger partial charge on any atom is 0.112 e. The Kier molecular flexibility index (Phi) is 2.42. The van der Waals surface area contributed by atoms with Gasteiger partial charge in [-0.3, -0.25) is 0 Å². The van der Waals surface area contributed by atoms with E-state index in [1.165, 1.54) is 0 Å². The van der Waals surface area contributed by atoms with Gasteiger partial charge in [0.1, 0.15) is 5.82 Å². The van der Waals surface area contributed by atoms with Crippen LogP contribution in [0.15, 0.2) is 24.3 Å². The van der Waals surface area contributed by atoms with E-state index in [-0.39, 0.29) is 0 Å². The van der Waals surface area contributed by atoms with Crippen LogP contribution in [0.25, 0.3) is 11.0 Å². The lowest BCUT2D eigenvalue weighted by atomic mass is 9.93. The largest absolute Gasteiger partial charge is 0.387 e. The predicted molar refractivity (Wildman–Crippen MR) is 66.9 cm³/mol. The van der Waals surface area contributed by atoms with Gasteiger partial charge in [-0.25, -0.2) is 4.98 Å². The monoisotopic (exact) mass is 231 g/mol. The molecule has 0 spiro atoms. The zero-order valence-electron chi connectivity index (χ0n) is 9.98. The number of nitrogens with zero attached hydrogens (tertiary/aromatic N) is 2. The number of hydrogen-bond acceptors (Lipinski definition) is 3. The molecule has 0 unspecified atom stereocenters. The van der Waals surface area contributed by atoms with E-state index in [4.69, 9.17) is 0 Å². The number of aromatic nitrogens is 2. The van der Waals surface area contributed by atoms with Gasteiger partial charge in [-0.15, -0.1) is 0 Å². The van der Waals surface area contributed by atoms with Crippen molar-refractivity contribution in [3.05, 3.63) is 30.1 Å². The van der Waals surface area contributed by atoms with Crippen LogP contribution in [-0.2, 0) is 13.0 Å². The maximum atomic E-state index is 10.2. The Morgan fingerprint density at radius 1 is 1.41 bits per heavy atom. The SMILES string of the molecule is CCn1c(CC2(O)CNC2)nc2ccccc21. The molecular formula is C13H17N3O. The Morgan fingerprint density at radius 2 is 2.18 bits per heavy atom. The van der Waals surface area contributed by atoms with Gasteiger partial charge in [0.2, 0.25) is 0 Å². The average Bonchev–Trinajstić information content (AvgIpc) is 2.64. The number of aliphatic hydroxyl groups is 1. The lowest BCUT2D eigenvalue weighted by Gasteiger charge is -2.37. The summed E-state index contributed by atoms with van der Waals surface area (Å²) in [7, 11) is 0. The molecule has 1 aromatic carbocycles. The Labute approximate surface area is 100 Å². The molecule has 0 saturated carbocycles. The number of β-amino-alcohol motifs (C(OH)–C–C–N with tert-alkyl or cyclic N) is 1. The van der Waals surface area contributed by atoms with Crippen LogP contribution < -0.4 is 5.32 Å². The maximum absolute atomic E-state index is 10.2. The smallest absolute Gasteiger partial charge is 0.112 e. The molecule has 90 valence electrons. The van der Waals surface area contributed by atoms with Crippen molar-refractivity contribution < 1.29 is 5.11 Å². The van der Waals surface area contributed by atoms with Crippen LogP contribution in [0.4, 0.5) is 0 Å². The first kappa shape index (κ1) is 10.7. The highest BCUT2D eigenvalue weighted by molar-refractivity contribution is 5.75. The summed E-state index contributed by atoms with van der Waals surface area (Å²) in [5.74, 6) is 0.984. The molecule has 0 amide bonds. The number of rotatable bonds is 3. The molecule has 0 radical (unpaired) electrons. The number of fused-ring (bicyclic) bond motifs is 1. The molecule has 17 heavy (non-hydrogen) atoms. The van der Waals surface area contributed by atoms with E-state index in [2.05, 4.69) is 27.9 Å². The summed E-state index contributed by atoms with van der Waals surface area (Å²) in [5.41, 5.74) is 1.56. The molecular weight excluding hydrogens is 214 g/mol. The fourth-order valence-electron chi connectivity index (χ4n) is 2.45. The number of aryl methyl sites for hydroxylation is 1. The van der Waals surface area contributed by atoms with Crippen LogP contribution in [-0.4, -0.2) is 33.3 Å². The van der Waals surface area contributed by atoms with Crippen molar-refractivity contribution in [1.82, 2.24) is 14.9 Å². The molecule has 2 heterocycles. The topological polar surface area (TPSA) is 50.1 Å². The van der Waals surface area contributed by atoms with Crippen molar-refractivity contribution in [2.24, 2.45) is 0 Å². The number of para-hydroxylation sites is 2. The van der Waals surface area contributed by atoms with Gasteiger partial charge >= 0.3 is 0 Å². The summed E-state index contributed by atoms with van der Waals surface area (Å²) in [6.45, 7) is 4.33. The molecule has 2 N–H and O–H groups in total. The van der Waals surface area contributed by atoms with Crippen LogP contribution in [0.5, 0.6) is 0 Å². The van der Waals surface area contributed by atoms with Crippen molar-refractivity contribution in [2.75, 3.05) is 13.1 Å². The first-order chi connectivity index (χ1) is 8.22. The summed E-state index contributed by atoms with van der Waals surface area (Å²) in [4.78, 5) is 4.63. The second-order valence-corrected chi connectivity index (χ2v) is 4.77. The van der Waals surface area contributed by atoms with Crippen LogP contribution >= 0.6 is 0 Å². The average molecular weight is 231 g/mol. The third kappa shape index (κ3) is 1.73. The van der Waals surface area contributed by atoms with Crippen molar-refractivity contribution in [2.45, 2.75) is 25.5 Å². The van der Waals surface area contributed by atoms with Gasteiger partial charge in [0.25, 0.3) is 0 Å². The van der Waals surface area contributed by atoms with Gasteiger partial charge in [0.05, 0.1) is 16.6 Å². The fraction of sp³-hybridized carbons (Fsp3) is 0.462.